The van der Waals surface area contributed by atoms with Crippen molar-refractivity contribution in [3.8, 4) is 0 Å². The zero-order valence-corrected chi connectivity index (χ0v) is 20.1. The highest BCUT2D eigenvalue weighted by molar-refractivity contribution is 5.90. The lowest BCUT2D eigenvalue weighted by Gasteiger charge is -2.12. The van der Waals surface area contributed by atoms with Crippen molar-refractivity contribution in [3.63, 3.8) is 0 Å². The molecule has 3 N–H and O–H groups in total. The number of hydrogen-bond donors (Lipinski definition) is 3. The average Bonchev–Trinajstić information content (AvgIpc) is 2.76. The maximum atomic E-state index is 11.9. The number of hydrogen-bond acceptors (Lipinski definition) is 7. The third-order valence-electron chi connectivity index (χ3n) is 4.80. The molecule has 0 bridgehead atoms. The van der Waals surface area contributed by atoms with E-state index in [1.54, 1.807) is 48.6 Å². The minimum atomic E-state index is -1.28. The van der Waals surface area contributed by atoms with E-state index in [0.29, 0.717) is 12.8 Å². The summed E-state index contributed by atoms with van der Waals surface area (Å²) in [5.41, 5.74) is 0. The molecule has 1 aliphatic rings. The molecular weight excluding hydrogens is 452 g/mol. The normalized spacial score (nSPS) is 25.5. The van der Waals surface area contributed by atoms with Gasteiger partial charge in [-0.25, -0.2) is 4.79 Å². The molecular formula is C27H36O8. The summed E-state index contributed by atoms with van der Waals surface area (Å²) in [6.45, 7) is 1.83. The van der Waals surface area contributed by atoms with E-state index in [0.717, 1.165) is 12.8 Å². The van der Waals surface area contributed by atoms with Gasteiger partial charge in [0.2, 0.25) is 0 Å². The molecule has 0 aliphatic carbocycles. The molecule has 8 nitrogen and oxygen atoms in total. The van der Waals surface area contributed by atoms with Gasteiger partial charge in [0.1, 0.15) is 12.5 Å². The monoisotopic (exact) mass is 488 g/mol. The molecule has 0 aromatic heterocycles. The Labute approximate surface area is 206 Å². The Morgan fingerprint density at radius 2 is 1.69 bits per heavy atom. The third kappa shape index (κ3) is 16.9. The second-order valence-electron chi connectivity index (χ2n) is 8.12. The maximum absolute atomic E-state index is 11.9. The molecule has 0 aromatic rings. The van der Waals surface area contributed by atoms with Crippen molar-refractivity contribution in [1.82, 2.24) is 0 Å². The van der Waals surface area contributed by atoms with Crippen LogP contribution in [0.3, 0.4) is 0 Å². The van der Waals surface area contributed by atoms with Crippen LogP contribution in [0.15, 0.2) is 72.9 Å². The summed E-state index contributed by atoms with van der Waals surface area (Å²) >= 11 is 0. The van der Waals surface area contributed by atoms with E-state index in [1.807, 2.05) is 19.1 Å². The van der Waals surface area contributed by atoms with Gasteiger partial charge in [-0.15, -0.1) is 0 Å². The highest BCUT2D eigenvalue weighted by Crippen LogP contribution is 2.09. The number of aliphatic carboxylic acids is 1. The predicted molar refractivity (Wildman–Crippen MR) is 132 cm³/mol. The number of carbonyl (C=O) groups is 3. The number of allylic oxidation sites excluding steroid dienone is 7. The highest BCUT2D eigenvalue weighted by Gasteiger charge is 2.14. The van der Waals surface area contributed by atoms with Crippen LogP contribution in [0.2, 0.25) is 0 Å². The zero-order chi connectivity index (χ0) is 25.9. The Balaban J connectivity index is 2.87. The van der Waals surface area contributed by atoms with Crippen LogP contribution in [-0.4, -0.2) is 57.6 Å². The molecule has 1 heterocycles. The first-order valence-electron chi connectivity index (χ1n) is 11.7. The van der Waals surface area contributed by atoms with E-state index in [-0.39, 0.29) is 18.9 Å². The molecule has 4 atom stereocenters. The first-order valence-corrected chi connectivity index (χ1v) is 11.7. The van der Waals surface area contributed by atoms with E-state index in [2.05, 4.69) is 0 Å². The minimum absolute atomic E-state index is 0.189. The van der Waals surface area contributed by atoms with Gasteiger partial charge in [-0.3, -0.25) is 9.59 Å². The molecule has 0 unspecified atom stereocenters. The van der Waals surface area contributed by atoms with E-state index in [1.165, 1.54) is 12.2 Å². The number of rotatable bonds is 3. The van der Waals surface area contributed by atoms with Gasteiger partial charge in [0.25, 0.3) is 0 Å². The Morgan fingerprint density at radius 3 is 2.46 bits per heavy atom. The Kier molecular flexibility index (Phi) is 15.4. The van der Waals surface area contributed by atoms with Crippen molar-refractivity contribution in [1.29, 1.82) is 0 Å². The van der Waals surface area contributed by atoms with Crippen LogP contribution in [0.5, 0.6) is 0 Å². The summed E-state index contributed by atoms with van der Waals surface area (Å²) in [5.74, 6) is -2.60. The van der Waals surface area contributed by atoms with Gasteiger partial charge < -0.3 is 24.8 Å². The number of cyclic esters (lactones) is 1. The molecule has 0 saturated heterocycles. The summed E-state index contributed by atoms with van der Waals surface area (Å²) in [6.07, 6.45) is 19.9. The molecule has 8 heteroatoms. The van der Waals surface area contributed by atoms with Crippen molar-refractivity contribution < 1.29 is 39.2 Å². The quantitative estimate of drug-likeness (QED) is 0.405. The number of aliphatic hydroxyl groups is 2. The maximum Gasteiger partial charge on any atom is 0.331 e. The summed E-state index contributed by atoms with van der Waals surface area (Å²) in [5, 5.41) is 28.9. The first-order chi connectivity index (χ1) is 16.8. The number of carbonyl (C=O) groups excluding carboxylic acids is 2. The highest BCUT2D eigenvalue weighted by atomic mass is 16.5. The number of carboxylic acids is 1. The molecule has 0 aromatic carbocycles. The summed E-state index contributed by atoms with van der Waals surface area (Å²) < 4.78 is 10.5. The molecule has 0 saturated carbocycles. The van der Waals surface area contributed by atoms with Crippen LogP contribution in [0.4, 0.5) is 0 Å². The SMILES string of the molecule is C[C@@H]1CCCC=CC=C[C@H](O)C[C@@H](O)CC=CC=C[C@@H](OC(=O)CC(=O)O)CC=CC=CC(=O)O1. The van der Waals surface area contributed by atoms with Crippen LogP contribution < -0.4 is 0 Å². The lowest BCUT2D eigenvalue weighted by molar-refractivity contribution is -0.153. The minimum Gasteiger partial charge on any atom is -0.481 e. The molecule has 0 radical (unpaired) electrons. The molecule has 0 fully saturated rings. The Morgan fingerprint density at radius 1 is 1.00 bits per heavy atom. The van der Waals surface area contributed by atoms with E-state index < -0.39 is 42.6 Å². The van der Waals surface area contributed by atoms with E-state index in [4.69, 9.17) is 14.6 Å². The van der Waals surface area contributed by atoms with Crippen LogP contribution in [-0.2, 0) is 23.9 Å². The van der Waals surface area contributed by atoms with Gasteiger partial charge in [-0.2, -0.15) is 0 Å². The standard InChI is InChI=1S/C27H36O8/c1-21-13-7-3-2-4-8-14-22(28)19-23(29)15-9-5-10-16-24(35-27(33)20-25(30)31)17-11-6-12-18-26(32)34-21/h2,4-6,8-12,14,16,18,21-24,28-29H,3,7,13,15,17,19-20H2,1H3,(H,30,31)/t21-,22+,23+,24-/m1/s1. The summed E-state index contributed by atoms with van der Waals surface area (Å²) in [4.78, 5) is 34.4. The fourth-order valence-corrected chi connectivity index (χ4v) is 3.07. The fourth-order valence-electron chi connectivity index (χ4n) is 3.07. The largest absolute Gasteiger partial charge is 0.481 e. The fraction of sp³-hybridized carbons (Fsp3) is 0.444. The van der Waals surface area contributed by atoms with Crippen molar-refractivity contribution in [2.75, 3.05) is 0 Å². The van der Waals surface area contributed by atoms with E-state index >= 15 is 0 Å². The average molecular weight is 489 g/mol. The Hall–Kier alpha value is -3.23. The van der Waals surface area contributed by atoms with Gasteiger partial charge in [-0.1, -0.05) is 60.8 Å². The van der Waals surface area contributed by atoms with Gasteiger partial charge in [-0.05, 0) is 38.7 Å². The Bertz CT molecular complexity index is 834. The first kappa shape index (κ1) is 29.8. The van der Waals surface area contributed by atoms with Gasteiger partial charge in [0.15, 0.2) is 0 Å². The molecule has 192 valence electrons. The second-order valence-corrected chi connectivity index (χ2v) is 8.12. The molecule has 1 rings (SSSR count). The topological polar surface area (TPSA) is 130 Å². The predicted octanol–water partition coefficient (Wildman–Crippen LogP) is 3.72. The summed E-state index contributed by atoms with van der Waals surface area (Å²) in [6, 6.07) is 0. The smallest absolute Gasteiger partial charge is 0.331 e. The molecule has 0 spiro atoms. The van der Waals surface area contributed by atoms with Crippen molar-refractivity contribution >= 4 is 17.9 Å². The molecule has 35 heavy (non-hydrogen) atoms. The lowest BCUT2D eigenvalue weighted by Crippen LogP contribution is -2.18. The lowest BCUT2D eigenvalue weighted by atomic mass is 10.1. The van der Waals surface area contributed by atoms with Crippen LogP contribution in [0.25, 0.3) is 0 Å². The van der Waals surface area contributed by atoms with Crippen molar-refractivity contribution in [3.05, 3.63) is 72.9 Å². The molecule has 1 aliphatic heterocycles. The third-order valence-corrected chi connectivity index (χ3v) is 4.80. The van der Waals surface area contributed by atoms with Crippen molar-refractivity contribution in [2.24, 2.45) is 0 Å². The number of aliphatic hydroxyl groups excluding tert-OH is 2. The van der Waals surface area contributed by atoms with Crippen LogP contribution in [0.1, 0.15) is 51.9 Å². The number of esters is 2. The van der Waals surface area contributed by atoms with Crippen molar-refractivity contribution in [2.45, 2.75) is 76.3 Å². The van der Waals surface area contributed by atoms with Crippen LogP contribution >= 0.6 is 0 Å². The van der Waals surface area contributed by atoms with Gasteiger partial charge in [0.05, 0.1) is 18.3 Å². The number of ether oxygens (including phenoxy) is 2. The van der Waals surface area contributed by atoms with Gasteiger partial charge in [0, 0.05) is 18.9 Å². The summed E-state index contributed by atoms with van der Waals surface area (Å²) in [7, 11) is 0. The van der Waals surface area contributed by atoms with E-state index in [9.17, 15) is 24.6 Å². The molecule has 0 amide bonds. The van der Waals surface area contributed by atoms with Gasteiger partial charge >= 0.3 is 17.9 Å². The second kappa shape index (κ2) is 18.1. The zero-order valence-electron chi connectivity index (χ0n) is 20.1. The number of carboxylic acid groups (broad SMARTS) is 1. The van der Waals surface area contributed by atoms with Crippen LogP contribution in [0, 0.1) is 0 Å².